The summed E-state index contributed by atoms with van der Waals surface area (Å²) in [4.78, 5) is 30.1. The third kappa shape index (κ3) is 16.0. The van der Waals surface area contributed by atoms with E-state index in [1.165, 1.54) is 6.92 Å². The normalized spacial score (nSPS) is 27.1. The van der Waals surface area contributed by atoms with Crippen molar-refractivity contribution in [2.24, 2.45) is 0 Å². The van der Waals surface area contributed by atoms with Crippen molar-refractivity contribution in [3.63, 3.8) is 0 Å². The number of aliphatic hydroxyl groups is 1. The van der Waals surface area contributed by atoms with Crippen molar-refractivity contribution < 1.29 is 76.3 Å². The second-order valence-corrected chi connectivity index (χ2v) is 26.0. The smallest absolute Gasteiger partial charge is 0.303 e. The van der Waals surface area contributed by atoms with E-state index in [2.05, 4.69) is 30.3 Å². The quantitative estimate of drug-likeness (QED) is 0.0420. The van der Waals surface area contributed by atoms with Crippen LogP contribution in [0.25, 0.3) is 10.8 Å². The maximum absolute atomic E-state index is 14.9. The molecule has 1 saturated carbocycles. The van der Waals surface area contributed by atoms with E-state index >= 15 is 0 Å². The zero-order chi connectivity index (χ0) is 67.4. The highest BCUT2D eigenvalue weighted by molar-refractivity contribution is 5.98. The van der Waals surface area contributed by atoms with E-state index in [4.69, 9.17) is 61.6 Å². The Balaban J connectivity index is 0.875. The molecule has 4 aliphatic heterocycles. The number of fused-ring (bicyclic) bond motifs is 3. The van der Waals surface area contributed by atoms with Crippen LogP contribution in [0.4, 0.5) is 0 Å². The van der Waals surface area contributed by atoms with Gasteiger partial charge in [0.05, 0.1) is 78.7 Å². The standard InChI is InChI=1S/C82H83NO16/c1-56(84)96-77-76(92-48-61-32-16-6-17-33-61)72(85)69(52-87-44-57-24-8-2-9-25-57)97-80(77)94-54-71-75(91-47-60-30-14-5-15-31-60)78(93-49-63-40-41-64-36-20-21-37-65(64)42-63)81(95-50-62-34-18-7-19-35-62)55-82(81,98-71)99-74-70(53-88-45-58-26-10-3-11-27-58)89-51-68(73(74)90-46-59-28-12-4-13-29-59)83-43-66-38-22-23-39-67(66)79(83)86/h2-42,68-78,80,85H,43-55H2,1H3/t68?,69?,70?,71?,72-,73?,74-,75-,76?,77?,78?,80+,81?,82?/m1/s1. The summed E-state index contributed by atoms with van der Waals surface area (Å²) in [5.41, 5.74) is 6.33. The number of hydrogen-bond donors (Lipinski definition) is 1. The van der Waals surface area contributed by atoms with E-state index in [9.17, 15) is 14.7 Å². The van der Waals surface area contributed by atoms with Crippen molar-refractivity contribution in [1.82, 2.24) is 4.90 Å². The molecule has 1 aliphatic carbocycles. The van der Waals surface area contributed by atoms with E-state index < -0.39 is 90.7 Å². The van der Waals surface area contributed by atoms with Gasteiger partial charge in [-0.05, 0) is 67.4 Å². The lowest BCUT2D eigenvalue weighted by Crippen LogP contribution is -2.66. The summed E-state index contributed by atoms with van der Waals surface area (Å²) in [5.74, 6) is -2.52. The molecule has 14 rings (SSSR count). The van der Waals surface area contributed by atoms with Gasteiger partial charge in [-0.1, -0.05) is 237 Å². The van der Waals surface area contributed by atoms with E-state index in [0.29, 0.717) is 12.1 Å². The van der Waals surface area contributed by atoms with Gasteiger partial charge in [-0.2, -0.15) is 0 Å². The van der Waals surface area contributed by atoms with Crippen LogP contribution >= 0.6 is 0 Å². The molecule has 17 nitrogen and oxygen atoms in total. The van der Waals surface area contributed by atoms with Crippen molar-refractivity contribution in [3.8, 4) is 0 Å². The first-order valence-electron chi connectivity index (χ1n) is 34.1. The average molecular weight is 1340 g/mol. The van der Waals surface area contributed by atoms with Crippen LogP contribution in [0.5, 0.6) is 0 Å². The minimum Gasteiger partial charge on any atom is -0.454 e. The highest BCUT2D eigenvalue weighted by Gasteiger charge is 2.82. The first-order chi connectivity index (χ1) is 48.7. The van der Waals surface area contributed by atoms with Crippen molar-refractivity contribution >= 4 is 22.6 Å². The van der Waals surface area contributed by atoms with Gasteiger partial charge in [-0.3, -0.25) is 9.59 Å². The molecule has 9 aromatic rings. The lowest BCUT2D eigenvalue weighted by molar-refractivity contribution is -0.366. The summed E-state index contributed by atoms with van der Waals surface area (Å²) in [6.07, 6.45) is -11.9. The van der Waals surface area contributed by atoms with Crippen molar-refractivity contribution in [2.75, 3.05) is 26.4 Å². The molecule has 0 bridgehead atoms. The lowest BCUT2D eigenvalue weighted by atomic mass is 9.94. The SMILES string of the molecule is CC(=O)OC1C(OCc2ccccc2)[C@H](O)C(COCc2ccccc2)O[C@@H]1OCC1OC2(O[C@@H]3C(COCc4ccccc4)OCC(N4Cc5ccccc5C4=O)C3OCc3ccccc3)CC2(OCc2ccccc2)C(OCc2ccc3ccccc3c2)[C@@H]1OCc1ccccc1. The Kier molecular flexibility index (Phi) is 21.8. The number of esters is 1. The molecule has 4 fully saturated rings. The summed E-state index contributed by atoms with van der Waals surface area (Å²) >= 11 is 0. The molecule has 1 amide bonds. The van der Waals surface area contributed by atoms with Gasteiger partial charge in [-0.25, -0.2) is 0 Å². The van der Waals surface area contributed by atoms with Crippen molar-refractivity contribution in [1.29, 1.82) is 0 Å². The fourth-order valence-electron chi connectivity index (χ4n) is 14.1. The third-order valence-electron chi connectivity index (χ3n) is 19.2. The average Bonchev–Trinajstić information content (AvgIpc) is 1.50. The van der Waals surface area contributed by atoms with Crippen LogP contribution in [-0.2, 0) is 119 Å². The number of hydrogen-bond acceptors (Lipinski definition) is 16. The Hall–Kier alpha value is -8.34. The van der Waals surface area contributed by atoms with Crippen LogP contribution in [0.1, 0.15) is 68.2 Å². The zero-order valence-corrected chi connectivity index (χ0v) is 55.3. The number of benzene rings is 9. The maximum Gasteiger partial charge on any atom is 0.303 e. The van der Waals surface area contributed by atoms with Gasteiger partial charge in [0.2, 0.25) is 5.79 Å². The molecule has 512 valence electrons. The largest absolute Gasteiger partial charge is 0.454 e. The molecule has 0 spiro atoms. The molecular weight excluding hydrogens is 1250 g/mol. The number of rotatable bonds is 30. The van der Waals surface area contributed by atoms with Gasteiger partial charge in [0, 0.05) is 25.5 Å². The summed E-state index contributed by atoms with van der Waals surface area (Å²) in [7, 11) is 0. The van der Waals surface area contributed by atoms with E-state index in [1.54, 1.807) is 0 Å². The number of aliphatic hydroxyl groups excluding tert-OH is 1. The first-order valence-corrected chi connectivity index (χ1v) is 34.1. The maximum atomic E-state index is 14.9. The van der Waals surface area contributed by atoms with E-state index in [1.807, 2.05) is 223 Å². The number of ether oxygens (including phenoxy) is 13. The number of nitrogens with zero attached hydrogens (tertiary/aromatic N) is 1. The number of carbonyl (C=O) groups is 2. The second kappa shape index (κ2) is 31.9. The number of carbonyl (C=O) groups excluding carboxylic acids is 2. The Morgan fingerprint density at radius 1 is 0.485 bits per heavy atom. The van der Waals surface area contributed by atoms with Gasteiger partial charge in [0.25, 0.3) is 5.91 Å². The van der Waals surface area contributed by atoms with Crippen molar-refractivity contribution in [2.45, 2.75) is 151 Å². The third-order valence-corrected chi connectivity index (χ3v) is 19.2. The Bertz CT molecular complexity index is 4050. The predicted octanol–water partition coefficient (Wildman–Crippen LogP) is 12.2. The predicted molar refractivity (Wildman–Crippen MR) is 367 cm³/mol. The van der Waals surface area contributed by atoms with Crippen LogP contribution in [0.15, 0.2) is 249 Å². The fourth-order valence-corrected chi connectivity index (χ4v) is 14.1. The summed E-state index contributed by atoms with van der Waals surface area (Å²) in [5, 5.41) is 14.5. The molecule has 5 aliphatic rings. The van der Waals surface area contributed by atoms with Crippen LogP contribution in [-0.4, -0.2) is 133 Å². The van der Waals surface area contributed by atoms with Crippen LogP contribution in [0.3, 0.4) is 0 Å². The molecule has 0 aromatic heterocycles. The summed E-state index contributed by atoms with van der Waals surface area (Å²) < 4.78 is 92.0. The minimum absolute atomic E-state index is 0.0585. The van der Waals surface area contributed by atoms with Gasteiger partial charge in [-0.15, -0.1) is 0 Å². The van der Waals surface area contributed by atoms with Gasteiger partial charge >= 0.3 is 5.97 Å². The van der Waals surface area contributed by atoms with Gasteiger partial charge in [0.15, 0.2) is 18.0 Å². The summed E-state index contributed by atoms with van der Waals surface area (Å²) in [6, 6.07) is 80.3. The number of amides is 1. The Labute approximate surface area is 577 Å². The molecule has 99 heavy (non-hydrogen) atoms. The second-order valence-electron chi connectivity index (χ2n) is 26.0. The van der Waals surface area contributed by atoms with Crippen LogP contribution < -0.4 is 0 Å². The summed E-state index contributed by atoms with van der Waals surface area (Å²) in [6.45, 7) is 2.44. The Morgan fingerprint density at radius 3 is 1.58 bits per heavy atom. The van der Waals surface area contributed by atoms with Crippen LogP contribution in [0.2, 0.25) is 0 Å². The highest BCUT2D eigenvalue weighted by atomic mass is 16.8. The molecule has 4 heterocycles. The van der Waals surface area contributed by atoms with E-state index in [-0.39, 0.29) is 85.0 Å². The molecule has 14 atom stereocenters. The van der Waals surface area contributed by atoms with Crippen molar-refractivity contribution in [3.05, 3.63) is 299 Å². The molecule has 1 N–H and O–H groups in total. The molecular formula is C82H83NO16. The molecule has 0 radical (unpaired) electrons. The topological polar surface area (TPSA) is 178 Å². The van der Waals surface area contributed by atoms with Gasteiger partial charge in [0.1, 0.15) is 54.9 Å². The first kappa shape index (κ1) is 67.8. The monoisotopic (exact) mass is 1340 g/mol. The molecule has 3 saturated heterocycles. The van der Waals surface area contributed by atoms with E-state index in [0.717, 1.165) is 55.3 Å². The molecule has 17 heteroatoms. The Morgan fingerprint density at radius 2 is 0.990 bits per heavy atom. The zero-order valence-electron chi connectivity index (χ0n) is 55.3. The van der Waals surface area contributed by atoms with Gasteiger partial charge < -0.3 is 71.6 Å². The molecule has 9 aromatic carbocycles. The molecule has 10 unspecified atom stereocenters. The minimum atomic E-state index is -1.72. The van der Waals surface area contributed by atoms with Crippen LogP contribution in [0, 0.1) is 0 Å². The fraction of sp³-hybridized carbons (Fsp3) is 0.341. The highest BCUT2D eigenvalue weighted by Crippen LogP contribution is 2.64. The lowest BCUT2D eigenvalue weighted by Gasteiger charge is -2.50.